The summed E-state index contributed by atoms with van der Waals surface area (Å²) in [4.78, 5) is 2.43. The Kier molecular flexibility index (Phi) is 5.18. The van der Waals surface area contributed by atoms with E-state index in [4.69, 9.17) is 12.2 Å². The van der Waals surface area contributed by atoms with Gasteiger partial charge in [-0.15, -0.1) is 0 Å². The fourth-order valence-electron chi connectivity index (χ4n) is 3.83. The fraction of sp³-hybridized carbons (Fsp3) is 0.333. The molecule has 0 N–H and O–H groups in total. The molecule has 0 spiro atoms. The molecule has 1 aromatic heterocycles. The molecule has 1 aliphatic heterocycles. The highest BCUT2D eigenvalue weighted by Crippen LogP contribution is 2.24. The lowest BCUT2D eigenvalue weighted by Crippen LogP contribution is -2.33. The molecule has 0 saturated carbocycles. The Bertz CT molecular complexity index is 979. The van der Waals surface area contributed by atoms with E-state index in [1.807, 2.05) is 23.9 Å². The molecule has 4 rings (SSSR count). The first-order chi connectivity index (χ1) is 13.1. The predicted molar refractivity (Wildman–Crippen MR) is 107 cm³/mol. The molecule has 1 fully saturated rings. The van der Waals surface area contributed by atoms with Gasteiger partial charge in [0.15, 0.2) is 10.6 Å². The Labute approximate surface area is 163 Å². The van der Waals surface area contributed by atoms with Crippen molar-refractivity contribution in [3.63, 3.8) is 0 Å². The zero-order valence-electron chi connectivity index (χ0n) is 15.4. The van der Waals surface area contributed by atoms with Gasteiger partial charge in [0.2, 0.25) is 0 Å². The molecule has 0 bridgehead atoms. The number of halogens is 1. The van der Waals surface area contributed by atoms with Crippen molar-refractivity contribution in [3.8, 4) is 11.4 Å². The molecule has 6 heteroatoms. The lowest BCUT2D eigenvalue weighted by Gasteiger charge is -2.24. The van der Waals surface area contributed by atoms with Gasteiger partial charge in [-0.1, -0.05) is 42.5 Å². The predicted octanol–water partition coefficient (Wildman–Crippen LogP) is 4.42. The molecule has 1 unspecified atom stereocenters. The second-order valence-corrected chi connectivity index (χ2v) is 7.45. The van der Waals surface area contributed by atoms with E-state index in [1.54, 1.807) is 16.7 Å². The number of benzene rings is 2. The van der Waals surface area contributed by atoms with Crippen molar-refractivity contribution in [2.45, 2.75) is 32.0 Å². The second-order valence-electron chi connectivity index (χ2n) is 7.08. The zero-order chi connectivity index (χ0) is 18.8. The highest BCUT2D eigenvalue weighted by Gasteiger charge is 2.26. The molecular formula is C21H23FN4S. The number of hydrogen-bond acceptors (Lipinski definition) is 3. The van der Waals surface area contributed by atoms with Crippen molar-refractivity contribution in [1.29, 1.82) is 0 Å². The lowest BCUT2D eigenvalue weighted by atomic mass is 10.0. The van der Waals surface area contributed by atoms with Gasteiger partial charge in [0, 0.05) is 19.6 Å². The Morgan fingerprint density at radius 3 is 2.63 bits per heavy atom. The molecule has 0 aliphatic carbocycles. The van der Waals surface area contributed by atoms with Crippen LogP contribution in [-0.4, -0.2) is 31.8 Å². The lowest BCUT2D eigenvalue weighted by molar-refractivity contribution is 0.187. The van der Waals surface area contributed by atoms with E-state index in [0.29, 0.717) is 28.9 Å². The minimum Gasteiger partial charge on any atom is -0.303 e. The first-order valence-electron chi connectivity index (χ1n) is 9.30. The molecule has 1 saturated heterocycles. The van der Waals surface area contributed by atoms with Crippen LogP contribution in [0.25, 0.3) is 11.4 Å². The number of likely N-dealkylation sites (tertiary alicyclic amines) is 1. The average Bonchev–Trinajstić information content (AvgIpc) is 3.23. The van der Waals surface area contributed by atoms with Gasteiger partial charge in [0.25, 0.3) is 0 Å². The zero-order valence-corrected chi connectivity index (χ0v) is 16.2. The van der Waals surface area contributed by atoms with Crippen LogP contribution in [0, 0.1) is 10.6 Å². The van der Waals surface area contributed by atoms with Crippen LogP contribution in [0.15, 0.2) is 54.6 Å². The normalized spacial score (nSPS) is 17.5. The number of nitrogens with zero attached hydrogens (tertiary/aromatic N) is 4. The summed E-state index contributed by atoms with van der Waals surface area (Å²) in [6.07, 6.45) is 3.38. The van der Waals surface area contributed by atoms with Crippen molar-refractivity contribution in [2.24, 2.45) is 7.05 Å². The first kappa shape index (κ1) is 18.1. The van der Waals surface area contributed by atoms with Crippen molar-refractivity contribution >= 4 is 12.2 Å². The number of rotatable bonds is 5. The van der Waals surface area contributed by atoms with Crippen LogP contribution in [-0.2, 0) is 20.1 Å². The smallest absolute Gasteiger partial charge is 0.199 e. The van der Waals surface area contributed by atoms with Crippen molar-refractivity contribution in [2.75, 3.05) is 6.54 Å². The standard InChI is InChI=1S/C21H23FN4S/c1-24-20(18-11-5-6-12-19(18)22)23-26(21(24)27)15-25-13-7-10-17(25)14-16-8-3-2-4-9-16/h2-6,8-9,11-12,17H,7,10,13-15H2,1H3. The van der Waals surface area contributed by atoms with Crippen LogP contribution in [0.3, 0.4) is 0 Å². The summed E-state index contributed by atoms with van der Waals surface area (Å²) in [5.41, 5.74) is 1.83. The highest BCUT2D eigenvalue weighted by atomic mass is 32.1. The van der Waals surface area contributed by atoms with Gasteiger partial charge < -0.3 is 4.57 Å². The Morgan fingerprint density at radius 2 is 1.85 bits per heavy atom. The Morgan fingerprint density at radius 1 is 1.11 bits per heavy atom. The van der Waals surface area contributed by atoms with Crippen LogP contribution < -0.4 is 0 Å². The quantitative estimate of drug-likeness (QED) is 0.611. The summed E-state index contributed by atoms with van der Waals surface area (Å²) in [6, 6.07) is 17.8. The number of hydrogen-bond donors (Lipinski definition) is 0. The summed E-state index contributed by atoms with van der Waals surface area (Å²) in [6.45, 7) is 1.67. The maximum Gasteiger partial charge on any atom is 0.199 e. The summed E-state index contributed by atoms with van der Waals surface area (Å²) in [5.74, 6) is 0.285. The Balaban J connectivity index is 1.57. The first-order valence-corrected chi connectivity index (χ1v) is 9.71. The summed E-state index contributed by atoms with van der Waals surface area (Å²) < 4.78 is 18.4. The van der Waals surface area contributed by atoms with Gasteiger partial charge in [-0.25, -0.2) is 9.07 Å². The van der Waals surface area contributed by atoms with Gasteiger partial charge in [-0.05, 0) is 49.2 Å². The van der Waals surface area contributed by atoms with Gasteiger partial charge in [0.1, 0.15) is 5.82 Å². The van der Waals surface area contributed by atoms with Gasteiger partial charge >= 0.3 is 0 Å². The van der Waals surface area contributed by atoms with Crippen LogP contribution >= 0.6 is 12.2 Å². The van der Waals surface area contributed by atoms with E-state index in [1.165, 1.54) is 24.5 Å². The topological polar surface area (TPSA) is 26.0 Å². The monoisotopic (exact) mass is 382 g/mol. The molecule has 3 aromatic rings. The molecule has 1 atom stereocenters. The van der Waals surface area contributed by atoms with Crippen molar-refractivity contribution < 1.29 is 4.39 Å². The molecule has 4 nitrogen and oxygen atoms in total. The second kappa shape index (κ2) is 7.74. The van der Waals surface area contributed by atoms with E-state index in [9.17, 15) is 4.39 Å². The summed E-state index contributed by atoms with van der Waals surface area (Å²) in [5, 5.41) is 4.64. The minimum absolute atomic E-state index is 0.282. The average molecular weight is 383 g/mol. The third-order valence-electron chi connectivity index (χ3n) is 5.28. The number of aromatic nitrogens is 3. The molecule has 0 amide bonds. The van der Waals surface area contributed by atoms with Crippen molar-refractivity contribution in [1.82, 2.24) is 19.2 Å². The third-order valence-corrected chi connectivity index (χ3v) is 5.77. The van der Waals surface area contributed by atoms with Crippen LogP contribution in [0.1, 0.15) is 18.4 Å². The maximum absolute atomic E-state index is 14.2. The summed E-state index contributed by atoms with van der Waals surface area (Å²) in [7, 11) is 1.85. The van der Waals surface area contributed by atoms with E-state index in [-0.39, 0.29) is 5.82 Å². The van der Waals surface area contributed by atoms with Gasteiger partial charge in [-0.2, -0.15) is 5.10 Å². The summed E-state index contributed by atoms with van der Waals surface area (Å²) >= 11 is 5.57. The Hall–Kier alpha value is -2.31. The molecule has 2 aromatic carbocycles. The minimum atomic E-state index is -0.282. The van der Waals surface area contributed by atoms with E-state index < -0.39 is 0 Å². The van der Waals surface area contributed by atoms with E-state index in [2.05, 4.69) is 34.3 Å². The molecule has 2 heterocycles. The van der Waals surface area contributed by atoms with Gasteiger partial charge in [-0.3, -0.25) is 4.90 Å². The molecule has 27 heavy (non-hydrogen) atoms. The van der Waals surface area contributed by atoms with Crippen LogP contribution in [0.2, 0.25) is 0 Å². The molecular weight excluding hydrogens is 359 g/mol. The third kappa shape index (κ3) is 3.73. The highest BCUT2D eigenvalue weighted by molar-refractivity contribution is 7.71. The van der Waals surface area contributed by atoms with Crippen LogP contribution in [0.5, 0.6) is 0 Å². The molecule has 1 aliphatic rings. The maximum atomic E-state index is 14.2. The van der Waals surface area contributed by atoms with Crippen molar-refractivity contribution in [3.05, 3.63) is 70.7 Å². The van der Waals surface area contributed by atoms with Crippen LogP contribution in [0.4, 0.5) is 4.39 Å². The molecule has 140 valence electrons. The van der Waals surface area contributed by atoms with E-state index >= 15 is 0 Å². The fourth-order valence-corrected chi connectivity index (χ4v) is 4.01. The largest absolute Gasteiger partial charge is 0.303 e. The van der Waals surface area contributed by atoms with E-state index in [0.717, 1.165) is 13.0 Å². The SMILES string of the molecule is Cn1c(-c2ccccc2F)nn(CN2CCCC2Cc2ccccc2)c1=S. The van der Waals surface area contributed by atoms with Gasteiger partial charge in [0.05, 0.1) is 12.2 Å². The molecule has 0 radical (unpaired) electrons.